The van der Waals surface area contributed by atoms with Crippen LogP contribution in [0.1, 0.15) is 17.5 Å². The summed E-state index contributed by atoms with van der Waals surface area (Å²) in [6, 6.07) is 13.6. The fourth-order valence-electron chi connectivity index (χ4n) is 2.79. The molecule has 1 N–H and O–H groups in total. The van der Waals surface area contributed by atoms with E-state index in [2.05, 4.69) is 9.97 Å². The number of H-pyrrole nitrogens is 1. The molecule has 0 unspecified atom stereocenters. The van der Waals surface area contributed by atoms with Gasteiger partial charge in [-0.2, -0.15) is 0 Å². The fraction of sp³-hybridized carbons (Fsp3) is 0.143. The predicted molar refractivity (Wildman–Crippen MR) is 115 cm³/mol. The quantitative estimate of drug-likeness (QED) is 0.549. The summed E-state index contributed by atoms with van der Waals surface area (Å²) in [7, 11) is 1.61. The molecular weight excluding hydrogens is 392 g/mol. The van der Waals surface area contributed by atoms with Crippen LogP contribution in [0.2, 0.25) is 0 Å². The van der Waals surface area contributed by atoms with Gasteiger partial charge in [-0.05, 0) is 42.8 Å². The number of nitrogens with zero attached hydrogens (tertiary/aromatic N) is 1. The first-order chi connectivity index (χ1) is 13.7. The topological polar surface area (TPSA) is 64.2 Å². The lowest BCUT2D eigenvalue weighted by molar-refractivity contribution is 0.311. The van der Waals surface area contributed by atoms with E-state index in [0.717, 1.165) is 25.5 Å². The van der Waals surface area contributed by atoms with Gasteiger partial charge in [0.05, 0.1) is 33.1 Å². The number of aromatic amines is 1. The van der Waals surface area contributed by atoms with Crippen LogP contribution in [0.4, 0.5) is 0 Å². The van der Waals surface area contributed by atoms with E-state index in [4.69, 9.17) is 9.47 Å². The van der Waals surface area contributed by atoms with Crippen molar-refractivity contribution in [1.82, 2.24) is 9.97 Å². The number of methoxy groups -OCH3 is 1. The summed E-state index contributed by atoms with van der Waals surface area (Å²) in [6.07, 6.45) is 3.76. The molecule has 0 aliphatic rings. The van der Waals surface area contributed by atoms with Crippen molar-refractivity contribution in [3.63, 3.8) is 0 Å². The van der Waals surface area contributed by atoms with E-state index in [1.165, 1.54) is 11.3 Å². The molecule has 2 heterocycles. The summed E-state index contributed by atoms with van der Waals surface area (Å²) in [5.41, 5.74) is 1.72. The summed E-state index contributed by atoms with van der Waals surface area (Å²) >= 11 is 3.00. The van der Waals surface area contributed by atoms with Crippen molar-refractivity contribution in [2.24, 2.45) is 0 Å². The molecule has 4 aromatic rings. The summed E-state index contributed by atoms with van der Waals surface area (Å²) in [6.45, 7) is 2.46. The first kappa shape index (κ1) is 18.5. The number of fused-ring (bicyclic) bond motifs is 1. The monoisotopic (exact) mass is 410 g/mol. The van der Waals surface area contributed by atoms with Gasteiger partial charge in [0.2, 0.25) is 0 Å². The maximum Gasteiger partial charge on any atom is 0.266 e. The van der Waals surface area contributed by atoms with E-state index < -0.39 is 0 Å². The number of para-hydroxylation sites is 1. The maximum atomic E-state index is 12.4. The van der Waals surface area contributed by atoms with Crippen LogP contribution in [0.3, 0.4) is 0 Å². The van der Waals surface area contributed by atoms with Crippen molar-refractivity contribution >= 4 is 45.0 Å². The molecule has 7 heteroatoms. The third kappa shape index (κ3) is 3.85. The fourth-order valence-corrected chi connectivity index (χ4v) is 4.67. The molecule has 0 radical (unpaired) electrons. The Bertz CT molecular complexity index is 1270. The Hall–Kier alpha value is -2.90. The lowest BCUT2D eigenvalue weighted by atomic mass is 10.2. The van der Waals surface area contributed by atoms with Crippen LogP contribution in [0, 0.1) is 0 Å². The molecule has 0 saturated heterocycles. The summed E-state index contributed by atoms with van der Waals surface area (Å²) in [4.78, 5) is 19.9. The minimum absolute atomic E-state index is 0.119. The Morgan fingerprint density at radius 1 is 1.11 bits per heavy atom. The normalized spacial score (nSPS) is 12.6. The second-order valence-corrected chi connectivity index (χ2v) is 8.08. The Kier molecular flexibility index (Phi) is 5.27. The number of rotatable bonds is 5. The Labute approximate surface area is 169 Å². The van der Waals surface area contributed by atoms with Crippen LogP contribution < -0.4 is 24.2 Å². The van der Waals surface area contributed by atoms with E-state index in [9.17, 15) is 4.79 Å². The van der Waals surface area contributed by atoms with Crippen molar-refractivity contribution in [2.75, 3.05) is 13.7 Å². The van der Waals surface area contributed by atoms with Gasteiger partial charge in [0.15, 0.2) is 11.5 Å². The zero-order valence-corrected chi connectivity index (χ0v) is 17.0. The van der Waals surface area contributed by atoms with Crippen molar-refractivity contribution in [3.05, 3.63) is 72.6 Å². The number of aromatic nitrogens is 2. The molecule has 2 aromatic carbocycles. The van der Waals surface area contributed by atoms with Crippen molar-refractivity contribution in [3.8, 4) is 11.5 Å². The van der Waals surface area contributed by atoms with Gasteiger partial charge in [-0.3, -0.25) is 4.79 Å². The maximum absolute atomic E-state index is 12.4. The lowest BCUT2D eigenvalue weighted by Gasteiger charge is -2.09. The van der Waals surface area contributed by atoms with E-state index >= 15 is 0 Å². The number of hydrogen-bond acceptors (Lipinski definition) is 6. The van der Waals surface area contributed by atoms with Crippen LogP contribution >= 0.6 is 22.7 Å². The SMILES string of the molecule is CCOc1cc(/C=c2\s/c(=C/c3nc4ccccc4s3)[nH]c2=O)ccc1OC. The van der Waals surface area contributed by atoms with Gasteiger partial charge in [0.1, 0.15) is 5.01 Å². The molecule has 4 rings (SSSR count). The van der Waals surface area contributed by atoms with E-state index in [1.807, 2.05) is 61.5 Å². The molecule has 0 bridgehead atoms. The highest BCUT2D eigenvalue weighted by Crippen LogP contribution is 2.28. The molecule has 28 heavy (non-hydrogen) atoms. The van der Waals surface area contributed by atoms with Gasteiger partial charge >= 0.3 is 0 Å². The van der Waals surface area contributed by atoms with Gasteiger partial charge in [0, 0.05) is 6.08 Å². The van der Waals surface area contributed by atoms with E-state index in [-0.39, 0.29) is 5.56 Å². The van der Waals surface area contributed by atoms with Crippen molar-refractivity contribution in [2.45, 2.75) is 6.92 Å². The zero-order chi connectivity index (χ0) is 19.5. The highest BCUT2D eigenvalue weighted by atomic mass is 32.1. The van der Waals surface area contributed by atoms with E-state index in [1.54, 1.807) is 18.4 Å². The first-order valence-electron chi connectivity index (χ1n) is 8.75. The predicted octanol–water partition coefficient (Wildman–Crippen LogP) is 3.11. The molecule has 0 aliphatic heterocycles. The van der Waals surface area contributed by atoms with Crippen LogP contribution in [-0.4, -0.2) is 23.7 Å². The molecular formula is C21H18N2O3S2. The second kappa shape index (κ2) is 8.00. The molecule has 0 spiro atoms. The molecule has 0 atom stereocenters. The highest BCUT2D eigenvalue weighted by Gasteiger charge is 2.05. The summed E-state index contributed by atoms with van der Waals surface area (Å²) in [5.74, 6) is 1.33. The van der Waals surface area contributed by atoms with Crippen LogP contribution in [0.15, 0.2) is 47.3 Å². The largest absolute Gasteiger partial charge is 0.493 e. The third-order valence-electron chi connectivity index (χ3n) is 4.03. The number of ether oxygens (including phenoxy) is 2. The van der Waals surface area contributed by atoms with Crippen LogP contribution in [0.5, 0.6) is 11.5 Å². The first-order valence-corrected chi connectivity index (χ1v) is 10.4. The number of benzene rings is 2. The third-order valence-corrected chi connectivity index (χ3v) is 5.98. The minimum Gasteiger partial charge on any atom is -0.493 e. The van der Waals surface area contributed by atoms with Gasteiger partial charge in [0.25, 0.3) is 5.56 Å². The standard InChI is InChI=1S/C21H18N2O3S2/c1-3-26-16-10-13(8-9-15(16)25-2)11-18-21(24)23-20(28-18)12-19-22-14-6-4-5-7-17(14)27-19/h4-12H,3H2,1-2H3,(H,23,24)/b18-11-,20-12+. The van der Waals surface area contributed by atoms with Gasteiger partial charge in [-0.25, -0.2) is 4.98 Å². The molecule has 0 fully saturated rings. The summed E-state index contributed by atoms with van der Waals surface area (Å²) in [5, 5.41) is 0.869. The van der Waals surface area contributed by atoms with Crippen molar-refractivity contribution < 1.29 is 9.47 Å². The second-order valence-electron chi connectivity index (χ2n) is 5.94. The molecule has 0 aliphatic carbocycles. The Morgan fingerprint density at radius 2 is 1.96 bits per heavy atom. The van der Waals surface area contributed by atoms with E-state index in [0.29, 0.717) is 22.6 Å². The van der Waals surface area contributed by atoms with Crippen LogP contribution in [-0.2, 0) is 0 Å². The minimum atomic E-state index is -0.119. The zero-order valence-electron chi connectivity index (χ0n) is 15.4. The molecule has 2 aromatic heterocycles. The molecule has 142 valence electrons. The molecule has 5 nitrogen and oxygen atoms in total. The smallest absolute Gasteiger partial charge is 0.266 e. The number of thiazole rings is 2. The van der Waals surface area contributed by atoms with Gasteiger partial charge < -0.3 is 14.5 Å². The number of hydrogen-bond donors (Lipinski definition) is 1. The Balaban J connectivity index is 1.73. The summed E-state index contributed by atoms with van der Waals surface area (Å²) < 4.78 is 13.4. The average molecular weight is 411 g/mol. The molecule has 0 amide bonds. The van der Waals surface area contributed by atoms with Gasteiger partial charge in [-0.1, -0.05) is 18.2 Å². The van der Waals surface area contributed by atoms with Crippen LogP contribution in [0.25, 0.3) is 22.4 Å². The lowest BCUT2D eigenvalue weighted by Crippen LogP contribution is -2.19. The van der Waals surface area contributed by atoms with Crippen molar-refractivity contribution in [1.29, 1.82) is 0 Å². The van der Waals surface area contributed by atoms with Gasteiger partial charge in [-0.15, -0.1) is 22.7 Å². The number of nitrogens with one attached hydrogen (secondary N) is 1. The molecule has 0 saturated carbocycles. The average Bonchev–Trinajstić information content (AvgIpc) is 3.25. The Morgan fingerprint density at radius 3 is 2.75 bits per heavy atom. The highest BCUT2D eigenvalue weighted by molar-refractivity contribution is 7.19.